The van der Waals surface area contributed by atoms with Crippen molar-refractivity contribution in [1.29, 1.82) is 0 Å². The van der Waals surface area contributed by atoms with Gasteiger partial charge in [-0.15, -0.1) is 0 Å². The predicted molar refractivity (Wildman–Crippen MR) is 319 cm³/mol. The Morgan fingerprint density at radius 1 is 0.385 bits per heavy atom. The van der Waals surface area contributed by atoms with Crippen molar-refractivity contribution in [2.24, 2.45) is 0 Å². The minimum atomic E-state index is -4.68. The van der Waals surface area contributed by atoms with Crippen LogP contribution in [0.1, 0.15) is 303 Å². The Bertz CT molecular complexity index is 1540. The van der Waals surface area contributed by atoms with Crippen LogP contribution >= 0.6 is 0 Å². The minimum Gasteiger partial charge on any atom is -0.481 e. The SMILES string of the molecule is CCCCCCCC/C=C\CCCCCCCC(=O)OCC(COC(=O)CCCCCCC/C=C\CCCCCCCC)(COC(=O)CCCCCCC/C=C\CCCCCCCC)N(CCS(=O)(=O)O)C(=O)CCC(=O)O. The topological polar surface area (TPSA) is 191 Å². The van der Waals surface area contributed by atoms with Crippen LogP contribution in [0.25, 0.3) is 0 Å². The van der Waals surface area contributed by atoms with Crippen LogP contribution in [-0.2, 0) is 48.3 Å². The van der Waals surface area contributed by atoms with Crippen molar-refractivity contribution in [3.63, 3.8) is 0 Å². The van der Waals surface area contributed by atoms with E-state index in [9.17, 15) is 42.0 Å². The van der Waals surface area contributed by atoms with E-state index in [1.165, 1.54) is 116 Å². The highest BCUT2D eigenvalue weighted by molar-refractivity contribution is 7.85. The number of aliphatic carboxylic acids is 1. The van der Waals surface area contributed by atoms with Crippen molar-refractivity contribution in [1.82, 2.24) is 4.90 Å². The van der Waals surface area contributed by atoms with Gasteiger partial charge in [0.1, 0.15) is 25.4 Å². The molecule has 78 heavy (non-hydrogen) atoms. The summed E-state index contributed by atoms with van der Waals surface area (Å²) in [6.45, 7) is 4.10. The van der Waals surface area contributed by atoms with Crippen LogP contribution in [0.4, 0.5) is 0 Å². The van der Waals surface area contributed by atoms with E-state index in [1.54, 1.807) is 0 Å². The molecule has 0 radical (unpaired) electrons. The quantitative estimate of drug-likeness (QED) is 0.0193. The number of carboxylic acids is 1. The molecule has 0 unspecified atom stereocenters. The number of hydrogen-bond donors (Lipinski definition) is 2. The molecule has 0 fully saturated rings. The molecule has 0 spiro atoms. The summed E-state index contributed by atoms with van der Waals surface area (Å²) in [5, 5.41) is 9.50. The summed E-state index contributed by atoms with van der Waals surface area (Å²) < 4.78 is 51.6. The molecule has 14 heteroatoms. The molecule has 0 heterocycles. The molecule has 1 amide bonds. The minimum absolute atomic E-state index is 0.0523. The monoisotopic (exact) mass is 1120 g/mol. The first-order valence-electron chi connectivity index (χ1n) is 31.7. The Labute approximate surface area is 476 Å². The van der Waals surface area contributed by atoms with Gasteiger partial charge in [0.05, 0.1) is 12.2 Å². The number of allylic oxidation sites excluding steroid dienone is 6. The van der Waals surface area contributed by atoms with Crippen molar-refractivity contribution >= 4 is 39.9 Å². The third-order valence-electron chi connectivity index (χ3n) is 14.4. The van der Waals surface area contributed by atoms with Gasteiger partial charge in [0, 0.05) is 32.2 Å². The molecule has 0 atom stereocenters. The lowest BCUT2D eigenvalue weighted by atomic mass is 9.98. The standard InChI is InChI=1S/C64H115NO12S/c1-4-7-10-13-16-19-22-25-28-31-34-37-40-43-46-49-61(69)75-56-64(65(54-55-78(72,73)74)59(66)52-53-60(67)68,57-76-62(70)50-47-44-41-38-35-32-29-26-23-20-17-14-11-8-5-2)58-77-63(71)51-48-45-42-39-36-33-30-27-24-21-18-15-12-9-6-3/h25-30H,4-24,31-58H2,1-3H3,(H,67,68)(H,72,73,74)/b28-25-,29-26-,30-27-. The van der Waals surface area contributed by atoms with Crippen LogP contribution in [0.3, 0.4) is 0 Å². The molecular formula is C64H115NO12S. The maximum atomic E-state index is 14.0. The Balaban J connectivity index is 5.80. The van der Waals surface area contributed by atoms with E-state index >= 15 is 0 Å². The molecule has 0 saturated heterocycles. The average Bonchev–Trinajstić information content (AvgIpc) is 3.41. The average molecular weight is 1120 g/mol. The molecule has 0 bridgehead atoms. The second kappa shape index (κ2) is 54.1. The van der Waals surface area contributed by atoms with Gasteiger partial charge in [0.2, 0.25) is 5.91 Å². The van der Waals surface area contributed by atoms with Gasteiger partial charge in [0.25, 0.3) is 10.1 Å². The fraction of sp³-hybridized carbons (Fsp3) is 0.828. The Kier molecular flexibility index (Phi) is 51.6. The molecule has 454 valence electrons. The maximum Gasteiger partial charge on any atom is 0.305 e. The number of esters is 3. The van der Waals surface area contributed by atoms with Gasteiger partial charge in [0.15, 0.2) is 0 Å². The molecule has 0 saturated carbocycles. The van der Waals surface area contributed by atoms with Crippen LogP contribution in [0.2, 0.25) is 0 Å². The predicted octanol–water partition coefficient (Wildman–Crippen LogP) is 17.0. The van der Waals surface area contributed by atoms with Crippen molar-refractivity contribution in [2.75, 3.05) is 32.1 Å². The number of unbranched alkanes of at least 4 members (excludes halogenated alkanes) is 33. The molecule has 0 aliphatic carbocycles. The number of carbonyl (C=O) groups excluding carboxylic acids is 4. The summed E-state index contributed by atoms with van der Waals surface area (Å²) in [7, 11) is -4.68. The van der Waals surface area contributed by atoms with Gasteiger partial charge in [-0.3, -0.25) is 28.5 Å². The van der Waals surface area contributed by atoms with E-state index in [-0.39, 0.29) is 19.3 Å². The Hall–Kier alpha value is -3.52. The summed E-state index contributed by atoms with van der Waals surface area (Å²) in [6, 6.07) is 0. The lowest BCUT2D eigenvalue weighted by Gasteiger charge is -2.42. The van der Waals surface area contributed by atoms with Crippen LogP contribution in [0, 0.1) is 0 Å². The zero-order valence-corrected chi connectivity index (χ0v) is 50.8. The van der Waals surface area contributed by atoms with Crippen LogP contribution in [-0.4, -0.2) is 90.4 Å². The fourth-order valence-corrected chi connectivity index (χ4v) is 9.84. The first-order chi connectivity index (χ1) is 37.8. The first kappa shape index (κ1) is 74.5. The summed E-state index contributed by atoms with van der Waals surface area (Å²) in [6.07, 6.45) is 55.1. The van der Waals surface area contributed by atoms with Gasteiger partial charge in [-0.25, -0.2) is 0 Å². The van der Waals surface area contributed by atoms with E-state index in [1.807, 2.05) is 0 Å². The van der Waals surface area contributed by atoms with E-state index in [4.69, 9.17) is 14.2 Å². The van der Waals surface area contributed by atoms with E-state index in [2.05, 4.69) is 57.2 Å². The van der Waals surface area contributed by atoms with Crippen molar-refractivity contribution in [3.05, 3.63) is 36.5 Å². The highest BCUT2D eigenvalue weighted by Gasteiger charge is 2.44. The van der Waals surface area contributed by atoms with Crippen LogP contribution < -0.4 is 0 Å². The first-order valence-corrected chi connectivity index (χ1v) is 33.3. The van der Waals surface area contributed by atoms with Crippen molar-refractivity contribution < 1.29 is 56.3 Å². The summed E-state index contributed by atoms with van der Waals surface area (Å²) in [5.74, 6) is -4.93. The molecule has 0 aromatic carbocycles. The number of ether oxygens (including phenoxy) is 3. The van der Waals surface area contributed by atoms with Gasteiger partial charge in [-0.05, 0) is 96.3 Å². The summed E-state index contributed by atoms with van der Waals surface area (Å²) in [4.78, 5) is 66.8. The number of amides is 1. The molecule has 0 aliphatic rings. The number of carboxylic acid groups (broad SMARTS) is 1. The van der Waals surface area contributed by atoms with Crippen LogP contribution in [0.15, 0.2) is 36.5 Å². The lowest BCUT2D eigenvalue weighted by molar-refractivity contribution is -0.172. The Morgan fingerprint density at radius 3 is 0.897 bits per heavy atom. The third-order valence-corrected chi connectivity index (χ3v) is 15.1. The second-order valence-electron chi connectivity index (χ2n) is 21.9. The molecule has 0 aromatic heterocycles. The second-order valence-corrected chi connectivity index (χ2v) is 23.5. The van der Waals surface area contributed by atoms with Gasteiger partial charge >= 0.3 is 23.9 Å². The fourth-order valence-electron chi connectivity index (χ4n) is 9.42. The summed E-state index contributed by atoms with van der Waals surface area (Å²) >= 11 is 0. The number of rotatable bonds is 58. The highest BCUT2D eigenvalue weighted by Crippen LogP contribution is 2.24. The molecule has 13 nitrogen and oxygen atoms in total. The number of carbonyl (C=O) groups is 5. The Morgan fingerprint density at radius 2 is 0.641 bits per heavy atom. The smallest absolute Gasteiger partial charge is 0.305 e. The molecule has 2 N–H and O–H groups in total. The van der Waals surface area contributed by atoms with Gasteiger partial charge in [-0.1, -0.05) is 211 Å². The van der Waals surface area contributed by atoms with Gasteiger partial charge in [-0.2, -0.15) is 8.42 Å². The third kappa shape index (κ3) is 49.5. The zero-order chi connectivity index (χ0) is 57.5. The summed E-state index contributed by atoms with van der Waals surface area (Å²) in [5.41, 5.74) is -1.94. The van der Waals surface area contributed by atoms with Gasteiger partial charge < -0.3 is 24.2 Å². The largest absolute Gasteiger partial charge is 0.481 e. The molecule has 0 rings (SSSR count). The highest BCUT2D eigenvalue weighted by atomic mass is 32.2. The molecular weight excluding hydrogens is 1010 g/mol. The maximum absolute atomic E-state index is 14.0. The van der Waals surface area contributed by atoms with E-state index in [0.717, 1.165) is 120 Å². The number of nitrogens with zero attached hydrogens (tertiary/aromatic N) is 1. The van der Waals surface area contributed by atoms with E-state index < -0.39 is 90.4 Å². The normalized spacial score (nSPS) is 12.1. The molecule has 0 aromatic rings. The van der Waals surface area contributed by atoms with Crippen molar-refractivity contribution in [3.8, 4) is 0 Å². The zero-order valence-electron chi connectivity index (χ0n) is 49.9. The number of hydrogen-bond acceptors (Lipinski definition) is 10. The van der Waals surface area contributed by atoms with Crippen molar-refractivity contribution in [2.45, 2.75) is 309 Å². The van der Waals surface area contributed by atoms with E-state index in [0.29, 0.717) is 19.3 Å². The lowest BCUT2D eigenvalue weighted by Crippen LogP contribution is -2.62. The molecule has 0 aliphatic heterocycles. The van der Waals surface area contributed by atoms with Crippen LogP contribution in [0.5, 0.6) is 0 Å².